The van der Waals surface area contributed by atoms with Crippen molar-refractivity contribution in [1.82, 2.24) is 9.13 Å². The first-order chi connectivity index (χ1) is 28.8. The van der Waals surface area contributed by atoms with Crippen molar-refractivity contribution in [3.8, 4) is 11.4 Å². The van der Waals surface area contributed by atoms with Crippen molar-refractivity contribution in [2.45, 2.75) is 0 Å². The van der Waals surface area contributed by atoms with Crippen LogP contribution in [-0.2, 0) is 0 Å². The van der Waals surface area contributed by atoms with Crippen molar-refractivity contribution < 1.29 is 4.42 Å². The molecule has 0 aliphatic rings. The van der Waals surface area contributed by atoms with Gasteiger partial charge in [0.2, 0.25) is 0 Å². The summed E-state index contributed by atoms with van der Waals surface area (Å²) in [6.07, 6.45) is 0. The van der Waals surface area contributed by atoms with Gasteiger partial charge in [-0.3, -0.25) is 0 Å². The fourth-order valence-corrected chi connectivity index (χ4v) is 14.7. The Morgan fingerprint density at radius 2 is 0.810 bits per heavy atom. The maximum atomic E-state index is 6.90. The molecule has 0 spiro atoms. The van der Waals surface area contributed by atoms with E-state index in [2.05, 4.69) is 228 Å². The summed E-state index contributed by atoms with van der Waals surface area (Å²) < 4.78 is 11.7. The number of hydrogen-bond acceptors (Lipinski definition) is 1. The van der Waals surface area contributed by atoms with E-state index < -0.39 is 8.07 Å². The normalized spacial score (nSPS) is 12.1. The smallest absolute Gasteiger partial charge is 0.184 e. The van der Waals surface area contributed by atoms with Crippen molar-refractivity contribution in [3.63, 3.8) is 0 Å². The van der Waals surface area contributed by atoms with Gasteiger partial charge in [0.1, 0.15) is 11.2 Å². The number of hydrogen-bond donors (Lipinski definition) is 0. The molecule has 0 amide bonds. The van der Waals surface area contributed by atoms with Gasteiger partial charge in [-0.15, -0.1) is 0 Å². The highest BCUT2D eigenvalue weighted by Gasteiger charge is 2.44. The quantitative estimate of drug-likeness (QED) is 0.122. The molecule has 12 aromatic rings. The molecule has 0 aliphatic carbocycles. The molecule has 0 unspecified atom stereocenters. The number of para-hydroxylation sites is 5. The molecule has 3 aromatic heterocycles. The monoisotopic (exact) mass is 756 g/mol. The van der Waals surface area contributed by atoms with Crippen molar-refractivity contribution in [2.75, 3.05) is 0 Å². The summed E-state index contributed by atoms with van der Waals surface area (Å²) in [5.74, 6) is 0. The van der Waals surface area contributed by atoms with Gasteiger partial charge in [0.15, 0.2) is 8.07 Å². The first-order valence-electron chi connectivity index (χ1n) is 19.9. The molecule has 0 radical (unpaired) electrons. The molecule has 58 heavy (non-hydrogen) atoms. The van der Waals surface area contributed by atoms with Gasteiger partial charge in [-0.05, 0) is 75.3 Å². The molecule has 272 valence electrons. The van der Waals surface area contributed by atoms with Gasteiger partial charge in [-0.1, -0.05) is 164 Å². The zero-order valence-electron chi connectivity index (χ0n) is 31.6. The number of furan rings is 1. The third-order valence-electron chi connectivity index (χ3n) is 12.3. The summed E-state index contributed by atoms with van der Waals surface area (Å²) in [4.78, 5) is 0. The Morgan fingerprint density at radius 1 is 0.310 bits per heavy atom. The van der Waals surface area contributed by atoms with Crippen LogP contribution in [0, 0.1) is 0 Å². The van der Waals surface area contributed by atoms with Crippen molar-refractivity contribution in [3.05, 3.63) is 218 Å². The van der Waals surface area contributed by atoms with Crippen LogP contribution in [0.15, 0.2) is 223 Å². The van der Waals surface area contributed by atoms with Crippen LogP contribution in [-0.4, -0.2) is 17.2 Å². The van der Waals surface area contributed by atoms with E-state index in [1.54, 1.807) is 0 Å². The predicted molar refractivity (Wildman–Crippen MR) is 246 cm³/mol. The SMILES string of the molecule is c1ccc(-n2c3ccccc3c3cc(-n4c5ccccc5c5cc([Si](c6ccccc6)(c6ccccc6)c6cccc7c6oc6ccccc67)ccc54)ccc32)cc1. The molecule has 0 N–H and O–H groups in total. The van der Waals surface area contributed by atoms with Gasteiger partial charge in [-0.2, -0.15) is 0 Å². The van der Waals surface area contributed by atoms with Gasteiger partial charge in [0.25, 0.3) is 0 Å². The fourth-order valence-electron chi connectivity index (χ4n) is 9.82. The number of benzene rings is 9. The molecule has 0 fully saturated rings. The maximum Gasteiger partial charge on any atom is 0.184 e. The van der Waals surface area contributed by atoms with Crippen molar-refractivity contribution in [1.29, 1.82) is 0 Å². The summed E-state index contributed by atoms with van der Waals surface area (Å²) in [5, 5.41) is 12.4. The topological polar surface area (TPSA) is 23.0 Å². The Balaban J connectivity index is 1.15. The third kappa shape index (κ3) is 4.67. The van der Waals surface area contributed by atoms with Gasteiger partial charge in [0.05, 0.1) is 22.1 Å². The summed E-state index contributed by atoms with van der Waals surface area (Å²) in [6, 6.07) is 80.1. The lowest BCUT2D eigenvalue weighted by molar-refractivity contribution is 0.671. The second-order valence-electron chi connectivity index (χ2n) is 15.2. The Labute approximate surface area is 336 Å². The van der Waals surface area contributed by atoms with E-state index in [0.29, 0.717) is 0 Å². The summed E-state index contributed by atoms with van der Waals surface area (Å²) in [7, 11) is -3.00. The minimum Gasteiger partial charge on any atom is -0.456 e. The lowest BCUT2D eigenvalue weighted by atomic mass is 10.1. The average molecular weight is 757 g/mol. The number of rotatable bonds is 6. The minimum absolute atomic E-state index is 0.913. The zero-order valence-corrected chi connectivity index (χ0v) is 32.6. The van der Waals surface area contributed by atoms with Crippen molar-refractivity contribution >= 4 is 94.4 Å². The highest BCUT2D eigenvalue weighted by molar-refractivity contribution is 7.20. The molecule has 0 saturated carbocycles. The molecule has 12 rings (SSSR count). The Morgan fingerprint density at radius 3 is 1.48 bits per heavy atom. The van der Waals surface area contributed by atoms with Gasteiger partial charge in [-0.25, -0.2) is 0 Å². The summed E-state index contributed by atoms with van der Waals surface area (Å²) >= 11 is 0. The molecule has 0 atom stereocenters. The van der Waals surface area contributed by atoms with Crippen LogP contribution in [0.2, 0.25) is 0 Å². The van der Waals surface area contributed by atoms with E-state index in [1.807, 2.05) is 0 Å². The minimum atomic E-state index is -3.00. The van der Waals surface area contributed by atoms with Gasteiger partial charge < -0.3 is 13.6 Å². The molecule has 4 heteroatoms. The highest BCUT2D eigenvalue weighted by Crippen LogP contribution is 2.37. The van der Waals surface area contributed by atoms with Crippen LogP contribution >= 0.6 is 0 Å². The van der Waals surface area contributed by atoms with E-state index in [1.165, 1.54) is 64.4 Å². The zero-order chi connectivity index (χ0) is 38.2. The molecule has 3 heterocycles. The molecule has 0 bridgehead atoms. The highest BCUT2D eigenvalue weighted by atomic mass is 28.3. The lowest BCUT2D eigenvalue weighted by Gasteiger charge is -2.34. The van der Waals surface area contributed by atoms with E-state index >= 15 is 0 Å². The molecule has 0 aliphatic heterocycles. The Kier molecular flexibility index (Phi) is 7.25. The van der Waals surface area contributed by atoms with E-state index in [9.17, 15) is 0 Å². The van der Waals surface area contributed by atoms with Crippen LogP contribution in [0.3, 0.4) is 0 Å². The van der Waals surface area contributed by atoms with E-state index in [-0.39, 0.29) is 0 Å². The average Bonchev–Trinajstić information content (AvgIpc) is 3.95. The van der Waals surface area contributed by atoms with Crippen molar-refractivity contribution in [2.24, 2.45) is 0 Å². The predicted octanol–water partition coefficient (Wildman–Crippen LogP) is 11.2. The molecular formula is C54H36N2OSi. The second kappa shape index (κ2) is 12.8. The standard InChI is InChI=1S/C54H36N2OSi/c1-4-17-37(18-5-1)55-48-27-13-10-23-42(48)46-35-38(31-33-50(46)55)56-49-28-14-11-24-43(49)47-36-41(32-34-51(47)56)58(39-19-6-2-7-20-39,40-21-8-3-9-22-40)53-30-16-26-45-44-25-12-15-29-52(44)57-54(45)53/h1-36H. The van der Waals surface area contributed by atoms with Crippen LogP contribution in [0.4, 0.5) is 0 Å². The summed E-state index contributed by atoms with van der Waals surface area (Å²) in [5.41, 5.74) is 8.95. The van der Waals surface area contributed by atoms with Crippen LogP contribution in [0.1, 0.15) is 0 Å². The van der Waals surface area contributed by atoms with Crippen LogP contribution in [0.25, 0.3) is 76.9 Å². The number of fused-ring (bicyclic) bond motifs is 9. The van der Waals surface area contributed by atoms with E-state index in [0.717, 1.165) is 33.3 Å². The number of aromatic nitrogens is 2. The molecule has 0 saturated heterocycles. The number of nitrogens with zero attached hydrogens (tertiary/aromatic N) is 2. The van der Waals surface area contributed by atoms with Crippen LogP contribution < -0.4 is 20.7 Å². The van der Waals surface area contributed by atoms with E-state index in [4.69, 9.17) is 4.42 Å². The van der Waals surface area contributed by atoms with Gasteiger partial charge in [0, 0.05) is 43.7 Å². The Bertz CT molecular complexity index is 3470. The fraction of sp³-hybridized carbons (Fsp3) is 0. The van der Waals surface area contributed by atoms with Gasteiger partial charge >= 0.3 is 0 Å². The summed E-state index contributed by atoms with van der Waals surface area (Å²) in [6.45, 7) is 0. The largest absolute Gasteiger partial charge is 0.456 e. The molecule has 9 aromatic carbocycles. The lowest BCUT2D eigenvalue weighted by Crippen LogP contribution is -2.74. The first-order valence-corrected chi connectivity index (χ1v) is 21.9. The second-order valence-corrected chi connectivity index (χ2v) is 19.0. The maximum absolute atomic E-state index is 6.90. The third-order valence-corrected chi connectivity index (χ3v) is 17.0. The molecule has 3 nitrogen and oxygen atoms in total. The first kappa shape index (κ1) is 32.8. The molecular weight excluding hydrogens is 721 g/mol. The van der Waals surface area contributed by atoms with Crippen LogP contribution in [0.5, 0.6) is 0 Å². The Hall–Kier alpha value is -7.40.